The average Bonchev–Trinajstić information content (AvgIpc) is 3.94. The third kappa shape index (κ3) is 16.4. The first-order valence-electron chi connectivity index (χ1n) is 25.6. The number of hydrogen-bond acceptors (Lipinski definition) is 13. The number of likely N-dealkylation sites (N-methyl/N-ethyl adjacent to an activating group) is 2. The van der Waals surface area contributed by atoms with Crippen LogP contribution >= 0.6 is 11.8 Å². The summed E-state index contributed by atoms with van der Waals surface area (Å²) >= 11 is 1.06. The third-order valence-corrected chi connectivity index (χ3v) is 15.8. The SMILES string of the molecule is CC[C@H](C)[C@@H]([C@@H](CC(=O)N1CCC[C@H]1[C@H](OC)[C@@H](C)C(=O)N[C@H](C)[C@@H](O)c1ccccc1)OC)N(C)C(=O)[C@@H](NC(=O)[C@H](C(C)C)N(C)C(=O)CCCCCN1C(=O)CC(SC[C@H](N)C(=O)O)C1=O)C(C)C. The van der Waals surface area contributed by atoms with Gasteiger partial charge in [0, 0.05) is 60.0 Å². The first-order chi connectivity index (χ1) is 33.9. The van der Waals surface area contributed by atoms with Gasteiger partial charge in [0.25, 0.3) is 0 Å². The molecule has 2 fully saturated rings. The van der Waals surface area contributed by atoms with Gasteiger partial charge in [0.15, 0.2) is 0 Å². The Hall–Kier alpha value is -4.63. The first kappa shape index (κ1) is 61.7. The highest BCUT2D eigenvalue weighted by molar-refractivity contribution is 8.00. The molecule has 0 aromatic heterocycles. The van der Waals surface area contributed by atoms with Crippen molar-refractivity contribution in [2.45, 2.75) is 173 Å². The minimum Gasteiger partial charge on any atom is -0.480 e. The molecular formula is C52H85N7O12S. The van der Waals surface area contributed by atoms with Crippen LogP contribution in [0, 0.1) is 23.7 Å². The maximum atomic E-state index is 14.6. The molecule has 0 bridgehead atoms. The van der Waals surface area contributed by atoms with Crippen molar-refractivity contribution in [2.75, 3.05) is 47.2 Å². The molecule has 0 radical (unpaired) electrons. The number of likely N-dealkylation sites (tertiary alicyclic amines) is 2. The second kappa shape index (κ2) is 29.3. The van der Waals surface area contributed by atoms with Gasteiger partial charge < -0.3 is 50.8 Å². The van der Waals surface area contributed by atoms with Gasteiger partial charge in [-0.15, -0.1) is 11.8 Å². The van der Waals surface area contributed by atoms with Gasteiger partial charge in [0.1, 0.15) is 18.1 Å². The number of amides is 7. The molecule has 1 aromatic rings. The zero-order valence-corrected chi connectivity index (χ0v) is 45.5. The summed E-state index contributed by atoms with van der Waals surface area (Å²) in [6.07, 6.45) is 1.15. The number of carbonyl (C=O) groups excluding carboxylic acids is 7. The summed E-state index contributed by atoms with van der Waals surface area (Å²) in [7, 11) is 6.26. The van der Waals surface area contributed by atoms with E-state index in [1.54, 1.807) is 49.9 Å². The van der Waals surface area contributed by atoms with Crippen LogP contribution in [0.15, 0.2) is 30.3 Å². The number of benzene rings is 1. The molecule has 20 heteroatoms. The van der Waals surface area contributed by atoms with E-state index >= 15 is 0 Å². The number of carboxylic acid groups (broad SMARTS) is 1. The zero-order valence-electron chi connectivity index (χ0n) is 44.7. The van der Waals surface area contributed by atoms with E-state index in [-0.39, 0.29) is 84.8 Å². The van der Waals surface area contributed by atoms with Crippen molar-refractivity contribution in [2.24, 2.45) is 29.4 Å². The topological polar surface area (TPSA) is 259 Å². The molecule has 72 heavy (non-hydrogen) atoms. The summed E-state index contributed by atoms with van der Waals surface area (Å²) in [5.74, 6) is -5.00. The number of hydrogen-bond donors (Lipinski definition) is 5. The maximum Gasteiger partial charge on any atom is 0.321 e. The summed E-state index contributed by atoms with van der Waals surface area (Å²) in [6, 6.07) is 4.49. The standard InChI is InChI=1S/C52H85N7O12S/c1-13-32(6)45(38(70-11)27-41(61)58-26-20-23-37(58)47(71-12)33(7)48(64)54-34(8)46(63)35-21-16-14-17-22-35)57(10)51(67)43(30(2)3)55-49(65)44(31(4)5)56(9)40(60)24-18-15-19-25-59-42(62)28-39(50(59)66)72-29-36(53)52(68)69/h14,16-17,21-22,30-34,36-39,43-47,63H,13,15,18-20,23-29,53H2,1-12H3,(H,54,64)(H,55,65)(H,68,69)/t32-,33+,34+,36-,37-,38+,39?,43-,44-,45-,46+,47+/m0/s1. The van der Waals surface area contributed by atoms with E-state index in [2.05, 4.69) is 10.6 Å². The number of carboxylic acids is 1. The van der Waals surface area contributed by atoms with Crippen molar-refractivity contribution in [1.82, 2.24) is 30.2 Å². The Morgan fingerprint density at radius 3 is 2.11 bits per heavy atom. The van der Waals surface area contributed by atoms with Gasteiger partial charge in [0.05, 0.1) is 54.0 Å². The molecule has 0 spiro atoms. The molecule has 2 saturated heterocycles. The maximum absolute atomic E-state index is 14.6. The summed E-state index contributed by atoms with van der Waals surface area (Å²) in [5.41, 5.74) is 6.24. The van der Waals surface area contributed by atoms with E-state index in [9.17, 15) is 43.5 Å². The van der Waals surface area contributed by atoms with Crippen molar-refractivity contribution in [3.05, 3.63) is 35.9 Å². The number of thioether (sulfide) groups is 1. The number of nitrogens with zero attached hydrogens (tertiary/aromatic N) is 4. The smallest absolute Gasteiger partial charge is 0.321 e. The number of rotatable bonds is 30. The van der Waals surface area contributed by atoms with Crippen LogP contribution in [0.3, 0.4) is 0 Å². The van der Waals surface area contributed by atoms with Crippen molar-refractivity contribution < 1.29 is 58.0 Å². The summed E-state index contributed by atoms with van der Waals surface area (Å²) < 4.78 is 12.0. The van der Waals surface area contributed by atoms with Crippen LogP contribution in [-0.4, -0.2) is 178 Å². The van der Waals surface area contributed by atoms with Crippen LogP contribution in [0.4, 0.5) is 0 Å². The molecule has 1 aromatic carbocycles. The number of nitrogens with one attached hydrogen (secondary N) is 2. The molecule has 406 valence electrons. The molecule has 2 aliphatic rings. The van der Waals surface area contributed by atoms with Crippen LogP contribution in [-0.2, 0) is 47.8 Å². The molecule has 3 rings (SSSR count). The largest absolute Gasteiger partial charge is 0.480 e. The van der Waals surface area contributed by atoms with Gasteiger partial charge in [-0.3, -0.25) is 43.3 Å². The van der Waals surface area contributed by atoms with Crippen molar-refractivity contribution in [3.8, 4) is 0 Å². The average molecular weight is 1030 g/mol. The quantitative estimate of drug-likeness (QED) is 0.0545. The van der Waals surface area contributed by atoms with Crippen LogP contribution in [0.5, 0.6) is 0 Å². The number of unbranched alkanes of at least 4 members (excludes halogenated alkanes) is 2. The fourth-order valence-electron chi connectivity index (χ4n) is 9.94. The molecule has 2 heterocycles. The van der Waals surface area contributed by atoms with Gasteiger partial charge in [-0.1, -0.05) is 91.6 Å². The fourth-order valence-corrected chi connectivity index (χ4v) is 11.1. The monoisotopic (exact) mass is 1030 g/mol. The Bertz CT molecular complexity index is 1980. The van der Waals surface area contributed by atoms with Gasteiger partial charge in [0.2, 0.25) is 41.4 Å². The summed E-state index contributed by atoms with van der Waals surface area (Å²) in [6.45, 7) is 15.4. The molecule has 2 aliphatic heterocycles. The number of imide groups is 1. The highest BCUT2D eigenvalue weighted by Crippen LogP contribution is 2.31. The molecule has 6 N–H and O–H groups in total. The van der Waals surface area contributed by atoms with Crippen LogP contribution in [0.25, 0.3) is 0 Å². The van der Waals surface area contributed by atoms with Gasteiger partial charge >= 0.3 is 5.97 Å². The lowest BCUT2D eigenvalue weighted by molar-refractivity contribution is -0.148. The van der Waals surface area contributed by atoms with Gasteiger partial charge in [-0.05, 0) is 55.9 Å². The molecule has 7 amide bonds. The highest BCUT2D eigenvalue weighted by Gasteiger charge is 2.44. The molecule has 19 nitrogen and oxygen atoms in total. The number of ether oxygens (including phenoxy) is 2. The minimum absolute atomic E-state index is 0.00748. The molecule has 1 unspecified atom stereocenters. The van der Waals surface area contributed by atoms with Gasteiger partial charge in [-0.2, -0.15) is 0 Å². The number of aliphatic carboxylic acids is 1. The fraction of sp³-hybridized carbons (Fsp3) is 0.731. The van der Waals surface area contributed by atoms with E-state index in [4.69, 9.17) is 20.3 Å². The Morgan fingerprint density at radius 2 is 1.54 bits per heavy atom. The van der Waals surface area contributed by atoms with E-state index < -0.39 is 77.6 Å². The number of nitrogens with two attached hydrogens (primary N) is 1. The minimum atomic E-state index is -1.18. The van der Waals surface area contributed by atoms with Crippen molar-refractivity contribution in [3.63, 3.8) is 0 Å². The Labute approximate surface area is 431 Å². The highest BCUT2D eigenvalue weighted by atomic mass is 32.2. The van der Waals surface area contributed by atoms with Crippen LogP contribution in [0.2, 0.25) is 0 Å². The van der Waals surface area contributed by atoms with E-state index in [1.807, 2.05) is 59.7 Å². The van der Waals surface area contributed by atoms with E-state index in [0.717, 1.165) is 11.8 Å². The van der Waals surface area contributed by atoms with Crippen molar-refractivity contribution in [1.29, 1.82) is 0 Å². The van der Waals surface area contributed by atoms with Crippen LogP contribution in [0.1, 0.15) is 125 Å². The predicted octanol–water partition coefficient (Wildman–Crippen LogP) is 3.60. The lowest BCUT2D eigenvalue weighted by Crippen LogP contribution is -2.60. The van der Waals surface area contributed by atoms with Gasteiger partial charge in [-0.25, -0.2) is 0 Å². The second-order valence-corrected chi connectivity index (χ2v) is 21.6. The molecule has 0 aliphatic carbocycles. The number of aliphatic hydroxyl groups excluding tert-OH is 1. The number of carbonyl (C=O) groups is 8. The first-order valence-corrected chi connectivity index (χ1v) is 26.6. The van der Waals surface area contributed by atoms with Crippen LogP contribution < -0.4 is 16.4 Å². The Balaban J connectivity index is 1.65. The predicted molar refractivity (Wildman–Crippen MR) is 275 cm³/mol. The number of aliphatic hydroxyl groups is 1. The Kier molecular flexibility index (Phi) is 25.1. The lowest BCUT2D eigenvalue weighted by Gasteiger charge is -2.41. The second-order valence-electron chi connectivity index (χ2n) is 20.3. The zero-order chi connectivity index (χ0) is 54.1. The molecular weight excluding hydrogens is 947 g/mol. The third-order valence-electron chi connectivity index (χ3n) is 14.5. The summed E-state index contributed by atoms with van der Waals surface area (Å²) in [5, 5.41) is 25.2. The van der Waals surface area contributed by atoms with E-state index in [0.29, 0.717) is 50.6 Å². The van der Waals surface area contributed by atoms with Crippen molar-refractivity contribution >= 4 is 59.1 Å². The Morgan fingerprint density at radius 1 is 0.889 bits per heavy atom. The summed E-state index contributed by atoms with van der Waals surface area (Å²) in [4.78, 5) is 113. The van der Waals surface area contributed by atoms with E-state index in [1.165, 1.54) is 24.0 Å². The molecule has 0 saturated carbocycles. The number of methoxy groups -OCH3 is 2. The molecule has 12 atom stereocenters. The lowest BCUT2D eigenvalue weighted by atomic mass is 9.89. The normalized spacial score (nSPS) is 20.3.